The lowest BCUT2D eigenvalue weighted by Crippen LogP contribution is -2.08. The van der Waals surface area contributed by atoms with Crippen molar-refractivity contribution in [2.75, 3.05) is 12.3 Å². The fourth-order valence-electron chi connectivity index (χ4n) is 2.79. The fraction of sp³-hybridized carbons (Fsp3) is 0.150. The summed E-state index contributed by atoms with van der Waals surface area (Å²) in [5.74, 6) is -0.677. The summed E-state index contributed by atoms with van der Waals surface area (Å²) in [4.78, 5) is 13.1. The molecule has 0 saturated heterocycles. The van der Waals surface area contributed by atoms with E-state index in [9.17, 15) is 18.0 Å². The van der Waals surface area contributed by atoms with E-state index in [1.165, 1.54) is 12.1 Å². The molecular formula is C20H15ClF3NO2S. The van der Waals surface area contributed by atoms with Gasteiger partial charge in [-0.15, -0.1) is 11.3 Å². The van der Waals surface area contributed by atoms with E-state index < -0.39 is 17.7 Å². The molecule has 3 rings (SSSR count). The molecule has 0 unspecified atom stereocenters. The van der Waals surface area contributed by atoms with E-state index in [0.717, 1.165) is 23.5 Å². The van der Waals surface area contributed by atoms with Gasteiger partial charge in [0.2, 0.25) is 0 Å². The summed E-state index contributed by atoms with van der Waals surface area (Å²) in [6.07, 6.45) is -4.51. The molecule has 0 spiro atoms. The van der Waals surface area contributed by atoms with E-state index in [-0.39, 0.29) is 22.7 Å². The SMILES string of the molecule is CCOC(=O)c1c(N)sc(-c2ccc(Cl)cc2)c1-c1cccc(C(F)(F)F)c1. The number of carbonyl (C=O) groups excluding carboxylic acids is 1. The van der Waals surface area contributed by atoms with Crippen LogP contribution in [0.25, 0.3) is 21.6 Å². The summed E-state index contributed by atoms with van der Waals surface area (Å²) in [7, 11) is 0. The van der Waals surface area contributed by atoms with Crippen LogP contribution in [0.4, 0.5) is 18.2 Å². The van der Waals surface area contributed by atoms with E-state index in [2.05, 4.69) is 0 Å². The van der Waals surface area contributed by atoms with E-state index >= 15 is 0 Å². The maximum absolute atomic E-state index is 13.2. The number of hydrogen-bond donors (Lipinski definition) is 1. The zero-order chi connectivity index (χ0) is 20.5. The van der Waals surface area contributed by atoms with Crippen LogP contribution in [0.15, 0.2) is 48.5 Å². The maximum atomic E-state index is 13.2. The number of thiophene rings is 1. The van der Waals surface area contributed by atoms with Gasteiger partial charge in [0.05, 0.1) is 12.2 Å². The number of esters is 1. The Kier molecular flexibility index (Phi) is 5.67. The summed E-state index contributed by atoms with van der Waals surface area (Å²) >= 11 is 7.05. The summed E-state index contributed by atoms with van der Waals surface area (Å²) in [5.41, 5.74) is 6.55. The number of benzene rings is 2. The second-order valence-corrected chi connectivity index (χ2v) is 7.34. The van der Waals surface area contributed by atoms with Gasteiger partial charge >= 0.3 is 12.1 Å². The molecule has 0 radical (unpaired) electrons. The molecule has 3 aromatic rings. The van der Waals surface area contributed by atoms with E-state index in [1.807, 2.05) is 0 Å². The molecule has 3 nitrogen and oxygen atoms in total. The first-order chi connectivity index (χ1) is 13.2. The molecule has 146 valence electrons. The highest BCUT2D eigenvalue weighted by molar-refractivity contribution is 7.20. The Morgan fingerprint density at radius 2 is 1.82 bits per heavy atom. The third-order valence-corrected chi connectivity index (χ3v) is 5.32. The fourth-order valence-corrected chi connectivity index (χ4v) is 3.99. The van der Waals surface area contributed by atoms with Crippen molar-refractivity contribution in [3.8, 4) is 21.6 Å². The lowest BCUT2D eigenvalue weighted by atomic mass is 9.96. The molecule has 8 heteroatoms. The lowest BCUT2D eigenvalue weighted by Gasteiger charge is -2.12. The molecule has 28 heavy (non-hydrogen) atoms. The molecule has 1 aromatic heterocycles. The summed E-state index contributed by atoms with van der Waals surface area (Å²) < 4.78 is 44.7. The molecule has 0 atom stereocenters. The van der Waals surface area contributed by atoms with Gasteiger partial charge in [0.25, 0.3) is 0 Å². The number of carbonyl (C=O) groups is 1. The number of nitrogens with two attached hydrogens (primary N) is 1. The molecule has 1 heterocycles. The lowest BCUT2D eigenvalue weighted by molar-refractivity contribution is -0.137. The molecule has 2 aromatic carbocycles. The Bertz CT molecular complexity index is 1010. The van der Waals surface area contributed by atoms with Gasteiger partial charge in [-0.1, -0.05) is 35.9 Å². The minimum atomic E-state index is -4.51. The number of halogens is 4. The van der Waals surface area contributed by atoms with Crippen molar-refractivity contribution in [3.05, 3.63) is 64.7 Å². The Labute approximate surface area is 168 Å². The van der Waals surface area contributed by atoms with E-state index in [1.54, 1.807) is 31.2 Å². The molecular weight excluding hydrogens is 411 g/mol. The average Bonchev–Trinajstić information content (AvgIpc) is 2.99. The largest absolute Gasteiger partial charge is 0.462 e. The predicted octanol–water partition coefficient (Wildman–Crippen LogP) is 6.51. The Hall–Kier alpha value is -2.51. The van der Waals surface area contributed by atoms with Crippen molar-refractivity contribution in [3.63, 3.8) is 0 Å². The van der Waals surface area contributed by atoms with Crippen LogP contribution >= 0.6 is 22.9 Å². The quantitative estimate of drug-likeness (QED) is 0.484. The van der Waals surface area contributed by atoms with Crippen molar-refractivity contribution >= 4 is 33.9 Å². The van der Waals surface area contributed by atoms with Crippen LogP contribution < -0.4 is 5.73 Å². The van der Waals surface area contributed by atoms with Gasteiger partial charge in [0, 0.05) is 15.5 Å². The topological polar surface area (TPSA) is 52.3 Å². The van der Waals surface area contributed by atoms with Crippen molar-refractivity contribution < 1.29 is 22.7 Å². The van der Waals surface area contributed by atoms with Gasteiger partial charge in [-0.3, -0.25) is 0 Å². The zero-order valence-electron chi connectivity index (χ0n) is 14.6. The molecule has 0 bridgehead atoms. The minimum Gasteiger partial charge on any atom is -0.462 e. The number of hydrogen-bond acceptors (Lipinski definition) is 4. The molecule has 0 aliphatic carbocycles. The first-order valence-electron chi connectivity index (χ1n) is 8.25. The number of rotatable bonds is 4. The second kappa shape index (κ2) is 7.85. The first kappa shape index (κ1) is 20.2. The van der Waals surface area contributed by atoms with Crippen LogP contribution in [0, 0.1) is 0 Å². The number of ether oxygens (including phenoxy) is 1. The zero-order valence-corrected chi connectivity index (χ0v) is 16.2. The minimum absolute atomic E-state index is 0.0659. The average molecular weight is 426 g/mol. The van der Waals surface area contributed by atoms with Crippen LogP contribution in [0.2, 0.25) is 5.02 Å². The Morgan fingerprint density at radius 1 is 1.14 bits per heavy atom. The highest BCUT2D eigenvalue weighted by atomic mass is 35.5. The standard InChI is InChI=1S/C20H15ClF3NO2S/c1-2-27-19(26)16-15(12-4-3-5-13(10-12)20(22,23)24)17(28-18(16)25)11-6-8-14(21)9-7-11/h3-10H,2,25H2,1H3. The van der Waals surface area contributed by atoms with Crippen LogP contribution in [0.5, 0.6) is 0 Å². The van der Waals surface area contributed by atoms with Crippen LogP contribution in [-0.2, 0) is 10.9 Å². The van der Waals surface area contributed by atoms with E-state index in [0.29, 0.717) is 21.0 Å². The summed E-state index contributed by atoms with van der Waals surface area (Å²) in [6.45, 7) is 1.76. The molecule has 0 aliphatic heterocycles. The van der Waals surface area contributed by atoms with Crippen LogP contribution in [0.3, 0.4) is 0 Å². The van der Waals surface area contributed by atoms with Gasteiger partial charge in [-0.05, 0) is 42.3 Å². The van der Waals surface area contributed by atoms with Crippen LogP contribution in [0.1, 0.15) is 22.8 Å². The molecule has 0 amide bonds. The van der Waals surface area contributed by atoms with Gasteiger partial charge < -0.3 is 10.5 Å². The normalized spacial score (nSPS) is 11.5. The smallest absolute Gasteiger partial charge is 0.416 e. The van der Waals surface area contributed by atoms with Gasteiger partial charge in [-0.2, -0.15) is 13.2 Å². The summed E-state index contributed by atoms with van der Waals surface area (Å²) in [6, 6.07) is 11.6. The third-order valence-electron chi connectivity index (χ3n) is 4.00. The van der Waals surface area contributed by atoms with Gasteiger partial charge in [-0.25, -0.2) is 4.79 Å². The van der Waals surface area contributed by atoms with Gasteiger partial charge in [0.1, 0.15) is 10.6 Å². The summed E-state index contributed by atoms with van der Waals surface area (Å²) in [5, 5.41) is 0.690. The highest BCUT2D eigenvalue weighted by Gasteiger charge is 2.32. The van der Waals surface area contributed by atoms with Crippen molar-refractivity contribution in [2.24, 2.45) is 0 Å². The number of nitrogen functional groups attached to an aromatic ring is 1. The van der Waals surface area contributed by atoms with Crippen LogP contribution in [-0.4, -0.2) is 12.6 Å². The third kappa shape index (κ3) is 4.00. The Balaban J connectivity index is 2.28. The van der Waals surface area contributed by atoms with E-state index in [4.69, 9.17) is 22.1 Å². The molecule has 0 saturated carbocycles. The van der Waals surface area contributed by atoms with Crippen molar-refractivity contribution in [1.82, 2.24) is 0 Å². The predicted molar refractivity (Wildman–Crippen MR) is 106 cm³/mol. The maximum Gasteiger partial charge on any atom is 0.416 e. The molecule has 0 aliphatic rings. The monoisotopic (exact) mass is 425 g/mol. The second-order valence-electron chi connectivity index (χ2n) is 5.85. The molecule has 0 fully saturated rings. The highest BCUT2D eigenvalue weighted by Crippen LogP contribution is 2.46. The Morgan fingerprint density at radius 3 is 2.43 bits per heavy atom. The van der Waals surface area contributed by atoms with Gasteiger partial charge in [0.15, 0.2) is 0 Å². The van der Waals surface area contributed by atoms with Crippen molar-refractivity contribution in [2.45, 2.75) is 13.1 Å². The number of alkyl halides is 3. The first-order valence-corrected chi connectivity index (χ1v) is 9.44. The number of anilines is 1. The van der Waals surface area contributed by atoms with Crippen molar-refractivity contribution in [1.29, 1.82) is 0 Å². The molecule has 2 N–H and O–H groups in total.